The van der Waals surface area contributed by atoms with Gasteiger partial charge in [0.2, 0.25) is 0 Å². The molecule has 0 spiro atoms. The SMILES string of the molecule is COCCCN1CC[C@H](Cn2cnc3cn(C)nc3c2=O)C1. The van der Waals surface area contributed by atoms with Crippen LogP contribution in [0.4, 0.5) is 0 Å². The second kappa shape index (κ2) is 6.58. The Labute approximate surface area is 129 Å². The second-order valence-corrected chi connectivity index (χ2v) is 6.04. The summed E-state index contributed by atoms with van der Waals surface area (Å²) in [6.07, 6.45) is 5.61. The highest BCUT2D eigenvalue weighted by molar-refractivity contribution is 5.71. The molecule has 3 rings (SSSR count). The average Bonchev–Trinajstić information content (AvgIpc) is 3.09. The molecule has 3 heterocycles. The van der Waals surface area contributed by atoms with Crippen molar-refractivity contribution in [3.63, 3.8) is 0 Å². The third-order valence-electron chi connectivity index (χ3n) is 4.26. The second-order valence-electron chi connectivity index (χ2n) is 6.04. The fraction of sp³-hybridized carbons (Fsp3) is 0.667. The summed E-state index contributed by atoms with van der Waals surface area (Å²) >= 11 is 0. The van der Waals surface area contributed by atoms with E-state index in [2.05, 4.69) is 15.0 Å². The zero-order chi connectivity index (χ0) is 15.5. The summed E-state index contributed by atoms with van der Waals surface area (Å²) in [4.78, 5) is 19.2. The van der Waals surface area contributed by atoms with Crippen LogP contribution in [0.15, 0.2) is 17.3 Å². The molecule has 7 nitrogen and oxygen atoms in total. The predicted molar refractivity (Wildman–Crippen MR) is 83.8 cm³/mol. The van der Waals surface area contributed by atoms with E-state index in [1.165, 1.54) is 0 Å². The third-order valence-corrected chi connectivity index (χ3v) is 4.26. The van der Waals surface area contributed by atoms with Crippen LogP contribution in [-0.2, 0) is 18.3 Å². The average molecular weight is 305 g/mol. The van der Waals surface area contributed by atoms with Gasteiger partial charge < -0.3 is 9.64 Å². The van der Waals surface area contributed by atoms with Crippen molar-refractivity contribution in [2.45, 2.75) is 19.4 Å². The first-order chi connectivity index (χ1) is 10.7. The summed E-state index contributed by atoms with van der Waals surface area (Å²) in [5.41, 5.74) is 1.08. The minimum absolute atomic E-state index is 0.0385. The number of hydrogen-bond donors (Lipinski definition) is 0. The van der Waals surface area contributed by atoms with Crippen molar-refractivity contribution < 1.29 is 4.74 Å². The number of fused-ring (bicyclic) bond motifs is 1. The van der Waals surface area contributed by atoms with Crippen molar-refractivity contribution >= 4 is 11.0 Å². The first kappa shape index (κ1) is 15.2. The van der Waals surface area contributed by atoms with E-state index >= 15 is 0 Å². The number of likely N-dealkylation sites (tertiary alicyclic amines) is 1. The van der Waals surface area contributed by atoms with Gasteiger partial charge in [0.15, 0.2) is 5.52 Å². The van der Waals surface area contributed by atoms with Gasteiger partial charge in [-0.15, -0.1) is 0 Å². The van der Waals surface area contributed by atoms with Crippen LogP contribution in [-0.4, -0.2) is 57.6 Å². The molecule has 0 aliphatic carbocycles. The van der Waals surface area contributed by atoms with E-state index < -0.39 is 0 Å². The topological polar surface area (TPSA) is 65.2 Å². The van der Waals surface area contributed by atoms with Gasteiger partial charge in [0.1, 0.15) is 5.52 Å². The van der Waals surface area contributed by atoms with E-state index in [0.29, 0.717) is 17.0 Å². The largest absolute Gasteiger partial charge is 0.385 e. The van der Waals surface area contributed by atoms with E-state index in [-0.39, 0.29) is 5.56 Å². The fourth-order valence-electron chi connectivity index (χ4n) is 3.15. The van der Waals surface area contributed by atoms with E-state index in [1.807, 2.05) is 0 Å². The van der Waals surface area contributed by atoms with Gasteiger partial charge in [-0.25, -0.2) is 4.98 Å². The van der Waals surface area contributed by atoms with Gasteiger partial charge in [-0.1, -0.05) is 0 Å². The molecular weight excluding hydrogens is 282 g/mol. The van der Waals surface area contributed by atoms with Gasteiger partial charge in [0.05, 0.1) is 12.5 Å². The van der Waals surface area contributed by atoms with Gasteiger partial charge in [0, 0.05) is 40.4 Å². The van der Waals surface area contributed by atoms with E-state index in [9.17, 15) is 4.79 Å². The molecule has 2 aromatic heterocycles. The molecule has 1 fully saturated rings. The van der Waals surface area contributed by atoms with Crippen molar-refractivity contribution in [2.24, 2.45) is 13.0 Å². The number of rotatable bonds is 6. The lowest BCUT2D eigenvalue weighted by molar-refractivity contribution is 0.178. The van der Waals surface area contributed by atoms with Gasteiger partial charge in [-0.2, -0.15) is 5.10 Å². The monoisotopic (exact) mass is 305 g/mol. The standard InChI is InChI=1S/C15H23N5O2/c1-18-10-13-14(17-18)15(21)20(11-16-13)9-12-4-6-19(8-12)5-3-7-22-2/h10-12H,3-9H2,1-2H3/t12-/m0/s1. The summed E-state index contributed by atoms with van der Waals surface area (Å²) in [7, 11) is 3.54. The molecule has 0 unspecified atom stereocenters. The molecule has 0 N–H and O–H groups in total. The van der Waals surface area contributed by atoms with Gasteiger partial charge in [0.25, 0.3) is 5.56 Å². The number of methoxy groups -OCH3 is 1. The quantitative estimate of drug-likeness (QED) is 0.727. The van der Waals surface area contributed by atoms with Crippen LogP contribution >= 0.6 is 0 Å². The molecule has 0 bridgehead atoms. The minimum Gasteiger partial charge on any atom is -0.385 e. The van der Waals surface area contributed by atoms with Gasteiger partial charge in [-0.05, 0) is 25.3 Å². The van der Waals surface area contributed by atoms with Crippen LogP contribution in [0, 0.1) is 5.92 Å². The summed E-state index contributed by atoms with van der Waals surface area (Å²) in [5, 5.41) is 4.21. The number of hydrogen-bond acceptors (Lipinski definition) is 5. The first-order valence-corrected chi connectivity index (χ1v) is 7.77. The van der Waals surface area contributed by atoms with Crippen molar-refractivity contribution in [1.82, 2.24) is 24.2 Å². The Balaban J connectivity index is 1.64. The Hall–Kier alpha value is -1.73. The molecule has 1 aliphatic rings. The summed E-state index contributed by atoms with van der Waals surface area (Å²) in [6.45, 7) is 4.73. The zero-order valence-electron chi connectivity index (χ0n) is 13.2. The highest BCUT2D eigenvalue weighted by Gasteiger charge is 2.23. The van der Waals surface area contributed by atoms with E-state index in [0.717, 1.165) is 45.6 Å². The minimum atomic E-state index is -0.0385. The molecule has 1 atom stereocenters. The number of nitrogens with zero attached hydrogens (tertiary/aromatic N) is 5. The maximum atomic E-state index is 12.4. The van der Waals surface area contributed by atoms with Gasteiger partial charge >= 0.3 is 0 Å². The molecule has 0 aromatic carbocycles. The molecule has 120 valence electrons. The van der Waals surface area contributed by atoms with Gasteiger partial charge in [-0.3, -0.25) is 14.0 Å². The summed E-state index contributed by atoms with van der Waals surface area (Å²) < 4.78 is 8.44. The lowest BCUT2D eigenvalue weighted by Gasteiger charge is -2.16. The zero-order valence-corrected chi connectivity index (χ0v) is 13.2. The van der Waals surface area contributed by atoms with E-state index in [4.69, 9.17) is 4.74 Å². The van der Waals surface area contributed by atoms with Crippen molar-refractivity contribution in [3.8, 4) is 0 Å². The Morgan fingerprint density at radius 1 is 1.45 bits per heavy atom. The maximum Gasteiger partial charge on any atom is 0.281 e. The summed E-state index contributed by atoms with van der Waals surface area (Å²) in [6, 6.07) is 0. The summed E-state index contributed by atoms with van der Waals surface area (Å²) in [5.74, 6) is 0.503. The molecule has 7 heteroatoms. The molecule has 1 saturated heterocycles. The van der Waals surface area contributed by atoms with Crippen LogP contribution in [0.5, 0.6) is 0 Å². The smallest absolute Gasteiger partial charge is 0.281 e. The fourth-order valence-corrected chi connectivity index (χ4v) is 3.15. The number of aromatic nitrogens is 4. The number of aryl methyl sites for hydroxylation is 1. The van der Waals surface area contributed by atoms with E-state index in [1.54, 1.807) is 35.9 Å². The number of ether oxygens (including phenoxy) is 1. The lowest BCUT2D eigenvalue weighted by Crippen LogP contribution is -2.27. The van der Waals surface area contributed by atoms with Crippen LogP contribution < -0.4 is 5.56 Å². The van der Waals surface area contributed by atoms with Crippen LogP contribution in [0.1, 0.15) is 12.8 Å². The molecule has 1 aliphatic heterocycles. The highest BCUT2D eigenvalue weighted by atomic mass is 16.5. The Morgan fingerprint density at radius 2 is 2.32 bits per heavy atom. The Morgan fingerprint density at radius 3 is 3.14 bits per heavy atom. The molecule has 0 amide bonds. The van der Waals surface area contributed by atoms with Crippen molar-refractivity contribution in [2.75, 3.05) is 33.4 Å². The molecule has 22 heavy (non-hydrogen) atoms. The third kappa shape index (κ3) is 3.20. The Kier molecular flexibility index (Phi) is 4.54. The first-order valence-electron chi connectivity index (χ1n) is 7.77. The lowest BCUT2D eigenvalue weighted by atomic mass is 10.1. The normalized spacial score (nSPS) is 19.3. The predicted octanol–water partition coefficient (Wildman–Crippen LogP) is 0.488. The molecule has 0 saturated carbocycles. The highest BCUT2D eigenvalue weighted by Crippen LogP contribution is 2.18. The van der Waals surface area contributed by atoms with Crippen LogP contribution in [0.3, 0.4) is 0 Å². The van der Waals surface area contributed by atoms with Crippen LogP contribution in [0.25, 0.3) is 11.0 Å². The van der Waals surface area contributed by atoms with Crippen molar-refractivity contribution in [1.29, 1.82) is 0 Å². The van der Waals surface area contributed by atoms with Crippen LogP contribution in [0.2, 0.25) is 0 Å². The van der Waals surface area contributed by atoms with Crippen molar-refractivity contribution in [3.05, 3.63) is 22.9 Å². The molecule has 0 radical (unpaired) electrons. The Bertz CT molecular complexity index is 693. The molecule has 2 aromatic rings. The molecular formula is C15H23N5O2. The maximum absolute atomic E-state index is 12.4.